The zero-order chi connectivity index (χ0) is 84.2. The van der Waals surface area contributed by atoms with Crippen molar-refractivity contribution in [3.63, 3.8) is 0 Å². The second-order valence-electron chi connectivity index (χ2n) is 32.6. The zero-order valence-electron chi connectivity index (χ0n) is 68.9. The molecular weight excluding hydrogens is 1510 g/mol. The first-order valence-corrected chi connectivity index (χ1v) is 39.4. The second kappa shape index (κ2) is 34.4. The summed E-state index contributed by atoms with van der Waals surface area (Å²) >= 11 is 0. The summed E-state index contributed by atoms with van der Waals surface area (Å²) in [6, 6.07) is 38.6. The summed E-state index contributed by atoms with van der Waals surface area (Å²) in [5.41, 5.74) is 4.80. The van der Waals surface area contributed by atoms with Crippen LogP contribution >= 0.6 is 0 Å². The monoisotopic (exact) mass is 1610 g/mol. The number of aliphatic hydroxyl groups is 1. The molecule has 32 heteroatoms. The van der Waals surface area contributed by atoms with Crippen molar-refractivity contribution in [2.24, 2.45) is 0 Å². The largest absolute Gasteiger partial charge is 0.481 e. The summed E-state index contributed by atoms with van der Waals surface area (Å²) in [6.45, 7) is 47.5. The number of fused-ring (bicyclic) bond motifs is 3. The number of methoxy groups -OCH3 is 1. The van der Waals surface area contributed by atoms with Crippen LogP contribution in [0, 0.1) is 0 Å². The fourth-order valence-corrected chi connectivity index (χ4v) is 14.6. The number of piperazine rings is 3. The van der Waals surface area contributed by atoms with E-state index in [9.17, 15) is 32.7 Å². The SMILES string of the molecule is C=CCn1c(=O)c2cnc(Nc3ccc(N4CCN(C(C)(C)C)CC4)cc3)nc2n1-c1cccc(C(C)(C)O)n1.C=CCn1c(=O)c2cnc(Nc3ccc(N4CCN(C(C)(C)C)CC4)cc3)nc2n1-c1cccc(C(F)(F)F)n1.C=CCn1c(=O)c2cnc(Nc3ccc(N4CCN(C(C)(C)C)CC4)cc3)nc2n1-c1cccc(OC)n1. The third kappa shape index (κ3) is 18.7. The lowest BCUT2D eigenvalue weighted by Crippen LogP contribution is -2.53. The van der Waals surface area contributed by atoms with E-state index in [4.69, 9.17) is 14.7 Å². The van der Waals surface area contributed by atoms with Gasteiger partial charge < -0.3 is 40.5 Å². The van der Waals surface area contributed by atoms with Gasteiger partial charge in [-0.25, -0.2) is 53.0 Å². The number of ether oxygens (including phenoxy) is 1. The molecule has 118 heavy (non-hydrogen) atoms. The Labute approximate surface area is 682 Å². The molecule has 3 aliphatic rings. The van der Waals surface area contributed by atoms with Crippen molar-refractivity contribution >= 4 is 85.1 Å². The molecule has 29 nitrogen and oxygen atoms in total. The van der Waals surface area contributed by atoms with E-state index in [0.29, 0.717) is 63.7 Å². The van der Waals surface area contributed by atoms with Gasteiger partial charge in [-0.05, 0) is 179 Å². The van der Waals surface area contributed by atoms with Crippen molar-refractivity contribution in [2.45, 2.75) is 124 Å². The lowest BCUT2D eigenvalue weighted by molar-refractivity contribution is -0.141. The number of aromatic nitrogens is 15. The Bertz CT molecular complexity index is 5520. The quantitative estimate of drug-likeness (QED) is 0.0516. The third-order valence-corrected chi connectivity index (χ3v) is 21.0. The highest BCUT2D eigenvalue weighted by Crippen LogP contribution is 2.32. The minimum absolute atomic E-state index is 0.0430. The highest BCUT2D eigenvalue weighted by atomic mass is 19.4. The van der Waals surface area contributed by atoms with E-state index in [1.165, 1.54) is 60.7 Å². The number of nitrogens with zero attached hydrogens (tertiary/aromatic N) is 21. The molecular formula is C86H103F3N24O5. The first-order valence-electron chi connectivity index (χ1n) is 39.4. The van der Waals surface area contributed by atoms with E-state index in [1.807, 2.05) is 54.6 Å². The molecule has 3 aromatic carbocycles. The Morgan fingerprint density at radius 2 is 0.686 bits per heavy atom. The van der Waals surface area contributed by atoms with Crippen LogP contribution in [0.2, 0.25) is 0 Å². The number of allylic oxidation sites excluding steroid dienone is 3. The van der Waals surface area contributed by atoms with E-state index in [1.54, 1.807) is 79.0 Å². The Morgan fingerprint density at radius 1 is 0.398 bits per heavy atom. The average Bonchev–Trinajstić information content (AvgIpc) is 1.53. The Balaban J connectivity index is 0.000000154. The van der Waals surface area contributed by atoms with Gasteiger partial charge in [0.15, 0.2) is 34.4 Å². The van der Waals surface area contributed by atoms with E-state index >= 15 is 0 Å². The summed E-state index contributed by atoms with van der Waals surface area (Å²) in [7, 11) is 1.55. The van der Waals surface area contributed by atoms with Crippen LogP contribution < -0.4 is 52.1 Å². The maximum atomic E-state index is 13.4. The first kappa shape index (κ1) is 83.6. The molecule has 3 aliphatic heterocycles. The third-order valence-electron chi connectivity index (χ3n) is 21.0. The van der Waals surface area contributed by atoms with Crippen LogP contribution in [0.4, 0.5) is 65.1 Å². The molecule has 3 fully saturated rings. The predicted octanol–water partition coefficient (Wildman–Crippen LogP) is 12.7. The Kier molecular flexibility index (Phi) is 24.4. The molecule has 15 rings (SSSR count). The molecule has 3 saturated heterocycles. The molecule has 4 N–H and O–H groups in total. The molecule has 0 saturated carbocycles. The summed E-state index contributed by atoms with van der Waals surface area (Å²) in [5, 5.41) is 21.1. The standard InChI is InChI=1S/C30H38N8O2.C28H31F3N8O.C28H34N8O2/c1-7-15-37-27(39)23-20-31-28(34-26(23)38(37)25-10-8-9-24(33-25)30(5,6)40)32-21-11-13-22(14-12-21)35-16-18-36(19-17-35)29(2,3)4;1-5-13-38-25(40)21-18-32-26(35-24(21)39(38)23-8-6-7-22(34-23)28(29,30)31)33-19-9-11-20(12-10-19)36-14-16-37(17-15-36)27(2,3)4;1-6-14-35-26(37)22-19-29-27(32-25(22)36(35)23-8-7-9-24(31-23)38-5)30-20-10-12-21(13-11-20)33-15-17-34(18-16-33)28(2,3)4/h7-14,20,40H,1,15-19H2,2-6H3,(H,31,32,34);5-12,18H,1,13-17H2,2-4H3,(H,32,33,35);6-13,19H,1,14-18H2,2-5H3,(H,29,30,32). The molecule has 0 unspecified atom stereocenters. The topological polar surface area (TPSA) is 282 Å². The number of anilines is 9. The second-order valence-corrected chi connectivity index (χ2v) is 32.6. The maximum absolute atomic E-state index is 13.4. The van der Waals surface area contributed by atoms with Gasteiger partial charge >= 0.3 is 6.18 Å². The Hall–Kier alpha value is -12.4. The Morgan fingerprint density at radius 3 is 0.966 bits per heavy atom. The maximum Gasteiger partial charge on any atom is 0.433 e. The van der Waals surface area contributed by atoms with E-state index in [0.717, 1.165) is 107 Å². The van der Waals surface area contributed by atoms with Gasteiger partial charge in [0.2, 0.25) is 23.7 Å². The van der Waals surface area contributed by atoms with Gasteiger partial charge in [0.25, 0.3) is 16.7 Å². The van der Waals surface area contributed by atoms with Gasteiger partial charge in [-0.1, -0.05) is 36.4 Å². The number of halogens is 3. The zero-order valence-corrected chi connectivity index (χ0v) is 68.9. The van der Waals surface area contributed by atoms with Crippen molar-refractivity contribution in [3.05, 3.63) is 226 Å². The summed E-state index contributed by atoms with van der Waals surface area (Å²) < 4.78 is 54.3. The van der Waals surface area contributed by atoms with Crippen LogP contribution in [0.15, 0.2) is 198 Å². The van der Waals surface area contributed by atoms with Gasteiger partial charge in [-0.15, -0.1) is 19.7 Å². The van der Waals surface area contributed by atoms with Gasteiger partial charge in [0.05, 0.1) is 32.4 Å². The molecule has 0 atom stereocenters. The van der Waals surface area contributed by atoms with Crippen LogP contribution in [0.3, 0.4) is 0 Å². The molecule has 0 spiro atoms. The van der Waals surface area contributed by atoms with Crippen molar-refractivity contribution in [3.8, 4) is 23.3 Å². The normalized spacial score (nSPS) is 14.9. The molecule has 0 bridgehead atoms. The van der Waals surface area contributed by atoms with Crippen molar-refractivity contribution in [1.29, 1.82) is 0 Å². The lowest BCUT2D eigenvalue weighted by atomic mass is 10.0. The first-order chi connectivity index (χ1) is 56.2. The van der Waals surface area contributed by atoms with Crippen molar-refractivity contribution < 1.29 is 23.0 Å². The highest BCUT2D eigenvalue weighted by Gasteiger charge is 2.35. The number of hydrogen-bond acceptors (Lipinski definition) is 23. The fraction of sp³-hybridized carbons (Fsp3) is 0.372. The van der Waals surface area contributed by atoms with Crippen LogP contribution in [-0.2, 0) is 31.4 Å². The molecule has 618 valence electrons. The summed E-state index contributed by atoms with van der Waals surface area (Å²) in [4.78, 5) is 94.0. The lowest BCUT2D eigenvalue weighted by Gasteiger charge is -2.43. The number of benzene rings is 3. The van der Waals surface area contributed by atoms with Crippen LogP contribution in [0.25, 0.3) is 50.6 Å². The minimum Gasteiger partial charge on any atom is -0.481 e. The summed E-state index contributed by atoms with van der Waals surface area (Å²) in [5.74, 6) is 2.26. The van der Waals surface area contributed by atoms with Crippen LogP contribution in [0.5, 0.6) is 5.88 Å². The van der Waals surface area contributed by atoms with E-state index < -0.39 is 23.0 Å². The average molecular weight is 1610 g/mol. The molecule has 9 aromatic heterocycles. The number of pyridine rings is 3. The smallest absolute Gasteiger partial charge is 0.433 e. The molecule has 0 aliphatic carbocycles. The van der Waals surface area contributed by atoms with Crippen LogP contribution in [0.1, 0.15) is 87.5 Å². The molecule has 0 radical (unpaired) electrons. The predicted molar refractivity (Wildman–Crippen MR) is 460 cm³/mol. The van der Waals surface area contributed by atoms with Crippen molar-refractivity contribution in [1.82, 2.24) is 87.6 Å². The van der Waals surface area contributed by atoms with Gasteiger partial charge in [-0.3, -0.25) is 29.1 Å². The van der Waals surface area contributed by atoms with Gasteiger partial charge in [-0.2, -0.15) is 33.1 Å². The number of nitrogens with one attached hydrogen (secondary N) is 3. The number of alkyl halides is 3. The van der Waals surface area contributed by atoms with Crippen molar-refractivity contribution in [2.75, 3.05) is 116 Å². The van der Waals surface area contributed by atoms with Gasteiger partial charge in [0.1, 0.15) is 27.5 Å². The molecule has 12 heterocycles. The van der Waals surface area contributed by atoms with Crippen LogP contribution in [-0.4, -0.2) is 195 Å². The molecule has 0 amide bonds. The minimum atomic E-state index is -4.64. The highest BCUT2D eigenvalue weighted by molar-refractivity contribution is 5.80. The molecule has 12 aromatic rings. The van der Waals surface area contributed by atoms with E-state index in [2.05, 4.69) is 187 Å². The van der Waals surface area contributed by atoms with Gasteiger partial charge in [0, 0.05) is 154 Å². The number of hydrogen-bond donors (Lipinski definition) is 4. The number of rotatable bonds is 20. The fourth-order valence-electron chi connectivity index (χ4n) is 14.6. The van der Waals surface area contributed by atoms with E-state index in [-0.39, 0.29) is 63.6 Å². The summed E-state index contributed by atoms with van der Waals surface area (Å²) in [6.07, 6.45) is 4.58.